The topological polar surface area (TPSA) is 50.4 Å². The fraction of sp³-hybridized carbons (Fsp3) is 0.588. The number of hydrogen-bond acceptors (Lipinski definition) is 3. The molecule has 2 unspecified atom stereocenters. The lowest BCUT2D eigenvalue weighted by atomic mass is 10.1. The van der Waals surface area contributed by atoms with Gasteiger partial charge in [0, 0.05) is 18.2 Å². The second kappa shape index (κ2) is 8.67. The third-order valence-electron chi connectivity index (χ3n) is 3.26. The molecular weight excluding hydrogens is 264 g/mol. The van der Waals surface area contributed by atoms with E-state index in [-0.39, 0.29) is 18.0 Å². The van der Waals surface area contributed by atoms with Gasteiger partial charge in [0.25, 0.3) is 0 Å². The molecule has 0 heterocycles. The highest BCUT2D eigenvalue weighted by atomic mass is 16.5. The number of hydrogen-bond donors (Lipinski definition) is 2. The first-order chi connectivity index (χ1) is 9.95. The summed E-state index contributed by atoms with van der Waals surface area (Å²) in [5.74, 6) is 1.36. The molecule has 1 rings (SSSR count). The molecule has 0 aliphatic heterocycles. The number of rotatable bonds is 8. The van der Waals surface area contributed by atoms with Crippen LogP contribution in [0.3, 0.4) is 0 Å². The molecule has 1 aromatic carbocycles. The van der Waals surface area contributed by atoms with Crippen molar-refractivity contribution in [1.82, 2.24) is 10.6 Å². The summed E-state index contributed by atoms with van der Waals surface area (Å²) in [6, 6.07) is 7.74. The molecule has 2 atom stereocenters. The lowest BCUT2D eigenvalue weighted by Gasteiger charge is -2.22. The summed E-state index contributed by atoms with van der Waals surface area (Å²) in [4.78, 5) is 12.0. The molecule has 0 radical (unpaired) electrons. The number of ether oxygens (including phenoxy) is 1. The zero-order valence-corrected chi connectivity index (χ0v) is 13.8. The van der Waals surface area contributed by atoms with E-state index in [1.807, 2.05) is 45.0 Å². The van der Waals surface area contributed by atoms with E-state index in [1.54, 1.807) is 0 Å². The molecule has 0 saturated heterocycles. The fourth-order valence-corrected chi connectivity index (χ4v) is 2.12. The summed E-state index contributed by atoms with van der Waals surface area (Å²) in [6.07, 6.45) is 0. The third kappa shape index (κ3) is 5.76. The van der Waals surface area contributed by atoms with Gasteiger partial charge in [-0.15, -0.1) is 0 Å². The van der Waals surface area contributed by atoms with Crippen LogP contribution in [0.2, 0.25) is 0 Å². The Morgan fingerprint density at radius 2 is 1.86 bits per heavy atom. The maximum atomic E-state index is 12.0. The summed E-state index contributed by atoms with van der Waals surface area (Å²) in [5, 5.41) is 6.27. The Labute approximate surface area is 128 Å². The van der Waals surface area contributed by atoms with E-state index < -0.39 is 0 Å². The van der Waals surface area contributed by atoms with Crippen molar-refractivity contribution < 1.29 is 9.53 Å². The van der Waals surface area contributed by atoms with E-state index in [0.717, 1.165) is 11.3 Å². The maximum absolute atomic E-state index is 12.0. The van der Waals surface area contributed by atoms with Crippen LogP contribution in [0, 0.1) is 5.92 Å². The van der Waals surface area contributed by atoms with Crippen LogP contribution in [-0.2, 0) is 4.79 Å². The van der Waals surface area contributed by atoms with Gasteiger partial charge in [0.05, 0.1) is 12.6 Å². The monoisotopic (exact) mass is 292 g/mol. The number of amides is 1. The number of nitrogens with one attached hydrogen (secondary N) is 2. The highest BCUT2D eigenvalue weighted by Gasteiger charge is 2.18. The predicted octanol–water partition coefficient (Wildman–Crippen LogP) is 2.90. The van der Waals surface area contributed by atoms with Crippen molar-refractivity contribution in [2.45, 2.75) is 46.7 Å². The Balaban J connectivity index is 2.63. The van der Waals surface area contributed by atoms with Gasteiger partial charge in [0.15, 0.2) is 0 Å². The van der Waals surface area contributed by atoms with Gasteiger partial charge in [0.2, 0.25) is 5.91 Å². The number of carbonyl (C=O) groups is 1. The van der Waals surface area contributed by atoms with Crippen LogP contribution in [0.25, 0.3) is 0 Å². The molecule has 0 spiro atoms. The number of para-hydroxylation sites is 1. The molecule has 118 valence electrons. The fourth-order valence-electron chi connectivity index (χ4n) is 2.12. The molecule has 4 nitrogen and oxygen atoms in total. The first-order valence-corrected chi connectivity index (χ1v) is 7.71. The molecule has 0 aliphatic carbocycles. The Hall–Kier alpha value is -1.55. The van der Waals surface area contributed by atoms with Crippen LogP contribution >= 0.6 is 0 Å². The van der Waals surface area contributed by atoms with Crippen molar-refractivity contribution in [2.24, 2.45) is 5.92 Å². The molecule has 0 saturated carbocycles. The second-order valence-corrected chi connectivity index (χ2v) is 5.72. The molecule has 0 aromatic heterocycles. The number of benzene rings is 1. The molecule has 0 aliphatic rings. The van der Waals surface area contributed by atoms with Gasteiger partial charge in [0.1, 0.15) is 5.75 Å². The molecular formula is C17H28N2O2. The first-order valence-electron chi connectivity index (χ1n) is 7.71. The van der Waals surface area contributed by atoms with E-state index in [0.29, 0.717) is 19.1 Å². The number of carbonyl (C=O) groups excluding carboxylic acids is 1. The van der Waals surface area contributed by atoms with Gasteiger partial charge in [-0.05, 0) is 32.8 Å². The molecule has 0 fully saturated rings. The lowest BCUT2D eigenvalue weighted by Crippen LogP contribution is -2.44. The van der Waals surface area contributed by atoms with E-state index in [1.165, 1.54) is 0 Å². The molecule has 1 aromatic rings. The summed E-state index contributed by atoms with van der Waals surface area (Å²) >= 11 is 0. The molecule has 4 heteroatoms. The normalized spacial score (nSPS) is 13.8. The second-order valence-electron chi connectivity index (χ2n) is 5.72. The Morgan fingerprint density at radius 3 is 2.48 bits per heavy atom. The Morgan fingerprint density at radius 1 is 1.19 bits per heavy atom. The Bertz CT molecular complexity index is 446. The zero-order valence-electron chi connectivity index (χ0n) is 13.8. The lowest BCUT2D eigenvalue weighted by molar-refractivity contribution is -0.123. The van der Waals surface area contributed by atoms with Crippen LogP contribution < -0.4 is 15.4 Å². The van der Waals surface area contributed by atoms with Crippen molar-refractivity contribution in [3.63, 3.8) is 0 Å². The minimum Gasteiger partial charge on any atom is -0.494 e. The highest BCUT2D eigenvalue weighted by molar-refractivity contribution is 5.81. The van der Waals surface area contributed by atoms with E-state index in [4.69, 9.17) is 4.74 Å². The predicted molar refractivity (Wildman–Crippen MR) is 86.5 cm³/mol. The van der Waals surface area contributed by atoms with Gasteiger partial charge < -0.3 is 10.1 Å². The van der Waals surface area contributed by atoms with Gasteiger partial charge in [-0.3, -0.25) is 10.1 Å². The summed E-state index contributed by atoms with van der Waals surface area (Å²) in [7, 11) is 0. The SMILES string of the molecule is CCOc1ccccc1C(C)NC(C)C(=O)NCC(C)C. The molecule has 21 heavy (non-hydrogen) atoms. The largest absolute Gasteiger partial charge is 0.494 e. The van der Waals surface area contributed by atoms with Gasteiger partial charge >= 0.3 is 0 Å². The van der Waals surface area contributed by atoms with Crippen LogP contribution in [-0.4, -0.2) is 25.1 Å². The highest BCUT2D eigenvalue weighted by Crippen LogP contribution is 2.25. The standard InChI is InChI=1S/C17H28N2O2/c1-6-21-16-10-8-7-9-15(16)13(4)19-14(5)17(20)18-11-12(2)3/h7-10,12-14,19H,6,11H2,1-5H3,(H,18,20). The van der Waals surface area contributed by atoms with Crippen LogP contribution in [0.4, 0.5) is 0 Å². The maximum Gasteiger partial charge on any atom is 0.236 e. The van der Waals surface area contributed by atoms with Crippen LogP contribution in [0.5, 0.6) is 5.75 Å². The van der Waals surface area contributed by atoms with Crippen molar-refractivity contribution in [3.05, 3.63) is 29.8 Å². The zero-order chi connectivity index (χ0) is 15.8. The van der Waals surface area contributed by atoms with Crippen molar-refractivity contribution in [3.8, 4) is 5.75 Å². The van der Waals surface area contributed by atoms with Gasteiger partial charge in [-0.1, -0.05) is 32.0 Å². The van der Waals surface area contributed by atoms with E-state index in [2.05, 4.69) is 24.5 Å². The average molecular weight is 292 g/mol. The summed E-state index contributed by atoms with van der Waals surface area (Å²) in [5.41, 5.74) is 1.07. The summed E-state index contributed by atoms with van der Waals surface area (Å²) < 4.78 is 5.64. The van der Waals surface area contributed by atoms with E-state index >= 15 is 0 Å². The molecule has 2 N–H and O–H groups in total. The van der Waals surface area contributed by atoms with Crippen molar-refractivity contribution in [1.29, 1.82) is 0 Å². The minimum absolute atomic E-state index is 0.0319. The van der Waals surface area contributed by atoms with Gasteiger partial charge in [-0.25, -0.2) is 0 Å². The quantitative estimate of drug-likeness (QED) is 0.774. The Kier molecular flexibility index (Phi) is 7.23. The van der Waals surface area contributed by atoms with Crippen LogP contribution in [0.1, 0.15) is 46.2 Å². The first kappa shape index (κ1) is 17.5. The smallest absolute Gasteiger partial charge is 0.236 e. The molecule has 0 bridgehead atoms. The van der Waals surface area contributed by atoms with Crippen molar-refractivity contribution >= 4 is 5.91 Å². The van der Waals surface area contributed by atoms with Crippen LogP contribution in [0.15, 0.2) is 24.3 Å². The molecule has 1 amide bonds. The third-order valence-corrected chi connectivity index (χ3v) is 3.26. The van der Waals surface area contributed by atoms with Gasteiger partial charge in [-0.2, -0.15) is 0 Å². The van der Waals surface area contributed by atoms with E-state index in [9.17, 15) is 4.79 Å². The average Bonchev–Trinajstić information content (AvgIpc) is 2.45. The minimum atomic E-state index is -0.242. The van der Waals surface area contributed by atoms with Crippen molar-refractivity contribution in [2.75, 3.05) is 13.2 Å². The summed E-state index contributed by atoms with van der Waals surface area (Å²) in [6.45, 7) is 11.4.